The minimum atomic E-state index is -4.13. The van der Waals surface area contributed by atoms with Crippen LogP contribution in [0.1, 0.15) is 52.9 Å². The third-order valence-electron chi connectivity index (χ3n) is 6.95. The number of anilines is 1. The van der Waals surface area contributed by atoms with Crippen molar-refractivity contribution in [3.8, 4) is 6.07 Å². The molecule has 3 aliphatic rings. The van der Waals surface area contributed by atoms with E-state index in [2.05, 4.69) is 5.32 Å². The average molecular weight is 589 g/mol. The van der Waals surface area contributed by atoms with Crippen molar-refractivity contribution >= 4 is 39.2 Å². The van der Waals surface area contributed by atoms with Crippen molar-refractivity contribution in [2.24, 2.45) is 0 Å². The third kappa shape index (κ3) is 6.73. The fourth-order valence-electron chi connectivity index (χ4n) is 4.59. The molecule has 0 radical (unpaired) electrons. The van der Waals surface area contributed by atoms with Crippen LogP contribution in [0.4, 0.5) is 19.3 Å². The van der Waals surface area contributed by atoms with E-state index < -0.39 is 50.3 Å². The molecule has 4 rings (SSSR count). The number of benzene rings is 1. The van der Waals surface area contributed by atoms with E-state index in [-0.39, 0.29) is 48.8 Å². The number of nitriles is 1. The molecular weight excluding hydrogens is 558 g/mol. The van der Waals surface area contributed by atoms with Crippen LogP contribution in [0.3, 0.4) is 0 Å². The topological polar surface area (TPSA) is 129 Å². The Hall–Kier alpha value is -2.69. The van der Waals surface area contributed by atoms with Gasteiger partial charge < -0.3 is 19.8 Å². The normalized spacial score (nSPS) is 24.5. The number of carbonyl (C=O) groups is 2. The zero-order valence-electron chi connectivity index (χ0n) is 21.9. The van der Waals surface area contributed by atoms with Gasteiger partial charge in [0, 0.05) is 31.6 Å². The summed E-state index contributed by atoms with van der Waals surface area (Å²) in [6.07, 6.45) is -1.01. The maximum Gasteiger partial charge on any atom is 0.528 e. The lowest BCUT2D eigenvalue weighted by Gasteiger charge is -2.33. The van der Waals surface area contributed by atoms with Crippen molar-refractivity contribution < 1.29 is 36.4 Å². The Labute approximate surface area is 231 Å². The maximum absolute atomic E-state index is 13.6. The number of alkyl halides is 2. The van der Waals surface area contributed by atoms with Crippen LogP contribution in [-0.4, -0.2) is 73.5 Å². The van der Waals surface area contributed by atoms with Gasteiger partial charge in [-0.15, -0.1) is 5.06 Å². The summed E-state index contributed by atoms with van der Waals surface area (Å²) in [5.74, 6) is -3.37. The Morgan fingerprint density at radius 2 is 1.82 bits per heavy atom. The van der Waals surface area contributed by atoms with Crippen molar-refractivity contribution in [1.29, 1.82) is 5.26 Å². The first-order valence-corrected chi connectivity index (χ1v) is 14.5. The highest BCUT2D eigenvalue weighted by molar-refractivity contribution is 7.92. The van der Waals surface area contributed by atoms with Gasteiger partial charge in [-0.3, -0.25) is 4.79 Å². The van der Waals surface area contributed by atoms with Crippen molar-refractivity contribution in [2.45, 2.75) is 86.1 Å². The van der Waals surface area contributed by atoms with E-state index in [1.807, 2.05) is 6.07 Å². The van der Waals surface area contributed by atoms with Crippen LogP contribution in [0.15, 0.2) is 23.1 Å². The molecule has 1 saturated carbocycles. The Kier molecular flexibility index (Phi) is 7.79. The Balaban J connectivity index is 1.54. The molecule has 1 N–H and O–H groups in total. The Morgan fingerprint density at radius 3 is 2.36 bits per heavy atom. The number of ether oxygens (including phenoxy) is 1. The summed E-state index contributed by atoms with van der Waals surface area (Å²) in [4.78, 5) is 32.2. The maximum atomic E-state index is 13.6. The minimum Gasteiger partial charge on any atom is -0.427 e. The van der Waals surface area contributed by atoms with Crippen molar-refractivity contribution in [3.63, 3.8) is 0 Å². The fraction of sp³-hybridized carbons (Fsp3) is 0.640. The molecule has 2 heterocycles. The second kappa shape index (κ2) is 10.4. The molecular formula is C25H31ClF2N4O6S. The fourth-order valence-corrected chi connectivity index (χ4v) is 6.82. The number of piperidine rings is 1. The first-order valence-electron chi connectivity index (χ1n) is 12.6. The first kappa shape index (κ1) is 29.3. The molecule has 1 amide bonds. The quantitative estimate of drug-likeness (QED) is 0.493. The standard InChI is InChI=1S/C25H31ClF2N4O6S/c1-23(2,3)37-22(34)38-32-14-17(13-19(32)21(33)30-24(15-29)6-7-24)39(35,36)20-5-4-16(12-18(20)26)31-10-8-25(27,28)9-11-31/h4-5,12,17,19H,6-11,13-14H2,1-3H3,(H,30,33)/t17-,19+/m1/s1. The van der Waals surface area contributed by atoms with Crippen LogP contribution >= 0.6 is 11.6 Å². The predicted molar refractivity (Wildman–Crippen MR) is 137 cm³/mol. The molecule has 2 atom stereocenters. The summed E-state index contributed by atoms with van der Waals surface area (Å²) in [6.45, 7) is 4.76. The molecule has 0 spiro atoms. The number of amides is 1. The van der Waals surface area contributed by atoms with Gasteiger partial charge in [-0.05, 0) is 58.2 Å². The Bertz CT molecular complexity index is 1280. The molecule has 0 aromatic heterocycles. The number of hydroxylamine groups is 2. The molecule has 2 saturated heterocycles. The number of nitrogens with zero attached hydrogens (tertiary/aromatic N) is 3. The van der Waals surface area contributed by atoms with Crippen molar-refractivity contribution in [1.82, 2.24) is 10.4 Å². The van der Waals surface area contributed by atoms with Gasteiger partial charge >= 0.3 is 6.16 Å². The summed E-state index contributed by atoms with van der Waals surface area (Å²) < 4.78 is 59.5. The lowest BCUT2D eigenvalue weighted by Crippen LogP contribution is -2.48. The van der Waals surface area contributed by atoms with Gasteiger partial charge in [-0.1, -0.05) is 11.6 Å². The number of sulfone groups is 1. The zero-order chi connectivity index (χ0) is 28.8. The number of hydrogen-bond acceptors (Lipinski definition) is 9. The van der Waals surface area contributed by atoms with Gasteiger partial charge in [0.2, 0.25) is 5.91 Å². The third-order valence-corrected chi connectivity index (χ3v) is 9.56. The van der Waals surface area contributed by atoms with E-state index in [0.29, 0.717) is 18.5 Å². The van der Waals surface area contributed by atoms with E-state index in [1.54, 1.807) is 25.7 Å². The highest BCUT2D eigenvalue weighted by atomic mass is 35.5. The highest BCUT2D eigenvalue weighted by Gasteiger charge is 2.51. The molecule has 39 heavy (non-hydrogen) atoms. The summed E-state index contributed by atoms with van der Waals surface area (Å²) in [5, 5.41) is 11.7. The summed E-state index contributed by atoms with van der Waals surface area (Å²) >= 11 is 6.39. The van der Waals surface area contributed by atoms with Crippen LogP contribution in [-0.2, 0) is 24.2 Å². The first-order chi connectivity index (χ1) is 18.0. The highest BCUT2D eigenvalue weighted by Crippen LogP contribution is 2.38. The van der Waals surface area contributed by atoms with E-state index in [1.165, 1.54) is 18.2 Å². The van der Waals surface area contributed by atoms with Crippen LogP contribution in [0.25, 0.3) is 0 Å². The molecule has 3 fully saturated rings. The molecule has 214 valence electrons. The largest absolute Gasteiger partial charge is 0.528 e. The van der Waals surface area contributed by atoms with Gasteiger partial charge in [0.25, 0.3) is 5.92 Å². The molecule has 1 aromatic rings. The van der Waals surface area contributed by atoms with Crippen LogP contribution < -0.4 is 10.2 Å². The van der Waals surface area contributed by atoms with E-state index in [4.69, 9.17) is 21.2 Å². The van der Waals surface area contributed by atoms with Crippen LogP contribution in [0.2, 0.25) is 5.02 Å². The van der Waals surface area contributed by atoms with Gasteiger partial charge in [0.1, 0.15) is 17.2 Å². The number of halogens is 3. The predicted octanol–water partition coefficient (Wildman–Crippen LogP) is 3.83. The number of rotatable bonds is 6. The van der Waals surface area contributed by atoms with Crippen LogP contribution in [0.5, 0.6) is 0 Å². The molecule has 14 heteroatoms. The van der Waals surface area contributed by atoms with Gasteiger partial charge in [-0.2, -0.15) is 5.26 Å². The average Bonchev–Trinajstić information content (AvgIpc) is 3.46. The van der Waals surface area contributed by atoms with E-state index >= 15 is 0 Å². The van der Waals surface area contributed by atoms with Gasteiger partial charge in [0.15, 0.2) is 9.84 Å². The minimum absolute atomic E-state index is 0.0845. The second-order valence-corrected chi connectivity index (χ2v) is 13.8. The second-order valence-electron chi connectivity index (χ2n) is 11.2. The summed E-state index contributed by atoms with van der Waals surface area (Å²) in [7, 11) is -4.13. The van der Waals surface area contributed by atoms with Gasteiger partial charge in [-0.25, -0.2) is 22.0 Å². The molecule has 2 aliphatic heterocycles. The van der Waals surface area contributed by atoms with Gasteiger partial charge in [0.05, 0.1) is 27.8 Å². The molecule has 10 nitrogen and oxygen atoms in total. The lowest BCUT2D eigenvalue weighted by molar-refractivity contribution is -0.162. The number of hydrogen-bond donors (Lipinski definition) is 1. The lowest BCUT2D eigenvalue weighted by atomic mass is 10.1. The molecule has 1 aliphatic carbocycles. The number of carbonyl (C=O) groups excluding carboxylic acids is 2. The molecule has 1 aromatic carbocycles. The summed E-state index contributed by atoms with van der Waals surface area (Å²) in [6, 6.07) is 5.12. The SMILES string of the molecule is CC(C)(C)OC(=O)ON1C[C@H](S(=O)(=O)c2ccc(N3CCC(F)(F)CC3)cc2Cl)C[C@H]1C(=O)NC1(C#N)CC1. The smallest absolute Gasteiger partial charge is 0.427 e. The Morgan fingerprint density at radius 1 is 1.18 bits per heavy atom. The number of nitrogens with one attached hydrogen (secondary N) is 1. The summed E-state index contributed by atoms with van der Waals surface area (Å²) in [5.41, 5.74) is -1.37. The monoisotopic (exact) mass is 588 g/mol. The zero-order valence-corrected chi connectivity index (χ0v) is 23.4. The van der Waals surface area contributed by atoms with Crippen LogP contribution in [0, 0.1) is 11.3 Å². The van der Waals surface area contributed by atoms with Crippen molar-refractivity contribution in [2.75, 3.05) is 24.5 Å². The van der Waals surface area contributed by atoms with E-state index in [0.717, 1.165) is 5.06 Å². The molecule has 0 unspecified atom stereocenters. The molecule has 0 bridgehead atoms. The van der Waals surface area contributed by atoms with E-state index in [9.17, 15) is 32.0 Å². The van der Waals surface area contributed by atoms with Crippen molar-refractivity contribution in [3.05, 3.63) is 23.2 Å².